The highest BCUT2D eigenvalue weighted by molar-refractivity contribution is 6.28. The second-order valence-electron chi connectivity index (χ2n) is 5.50. The van der Waals surface area contributed by atoms with Crippen molar-refractivity contribution < 1.29 is 4.39 Å². The Kier molecular flexibility index (Phi) is 5.35. The van der Waals surface area contributed by atoms with E-state index in [0.29, 0.717) is 29.2 Å². The first kappa shape index (κ1) is 18.1. The maximum absolute atomic E-state index is 13.1. The number of hydrogen-bond acceptors (Lipinski definition) is 4. The van der Waals surface area contributed by atoms with Crippen molar-refractivity contribution in [3.63, 3.8) is 0 Å². The lowest BCUT2D eigenvalue weighted by Gasteiger charge is -2.08. The Morgan fingerprint density at radius 1 is 1.00 bits per heavy atom. The molecule has 0 spiro atoms. The van der Waals surface area contributed by atoms with Gasteiger partial charge in [-0.25, -0.2) is 9.37 Å². The number of nitrogens with one attached hydrogen (secondary N) is 1. The van der Waals surface area contributed by atoms with Crippen molar-refractivity contribution in [2.75, 3.05) is 5.32 Å². The number of anilines is 2. The van der Waals surface area contributed by atoms with E-state index in [-0.39, 0.29) is 23.5 Å². The second-order valence-corrected chi connectivity index (χ2v) is 5.84. The highest BCUT2D eigenvalue weighted by atomic mass is 35.5. The predicted molar refractivity (Wildman–Crippen MR) is 103 cm³/mol. The Bertz CT molecular complexity index is 1020. The third-order valence-corrected chi connectivity index (χ3v) is 3.91. The van der Waals surface area contributed by atoms with Gasteiger partial charge in [-0.05, 0) is 41.4 Å². The molecule has 0 amide bonds. The van der Waals surface area contributed by atoms with Gasteiger partial charge in [0.05, 0.1) is 12.9 Å². The molecule has 2 aromatic carbocycles. The molecule has 0 aliphatic rings. The van der Waals surface area contributed by atoms with Crippen LogP contribution in [0.1, 0.15) is 5.56 Å². The number of benzene rings is 2. The first-order chi connectivity index (χ1) is 12.2. The van der Waals surface area contributed by atoms with Crippen molar-refractivity contribution in [2.45, 2.75) is 6.54 Å². The van der Waals surface area contributed by atoms with Crippen molar-refractivity contribution in [3.05, 3.63) is 77.6 Å². The van der Waals surface area contributed by atoms with Crippen LogP contribution in [0.25, 0.3) is 11.2 Å². The van der Waals surface area contributed by atoms with E-state index in [1.165, 1.54) is 12.1 Å². The molecule has 8 heteroatoms. The van der Waals surface area contributed by atoms with Gasteiger partial charge in [0.25, 0.3) is 0 Å². The van der Waals surface area contributed by atoms with Crippen LogP contribution in [0.2, 0.25) is 5.28 Å². The highest BCUT2D eigenvalue weighted by Gasteiger charge is 2.13. The zero-order valence-corrected chi connectivity index (χ0v) is 15.0. The summed E-state index contributed by atoms with van der Waals surface area (Å²) >= 11 is 6.08. The third kappa shape index (κ3) is 3.76. The average molecular weight is 390 g/mol. The maximum atomic E-state index is 13.1. The van der Waals surface area contributed by atoms with Gasteiger partial charge in [-0.1, -0.05) is 30.3 Å². The van der Waals surface area contributed by atoms with Gasteiger partial charge in [-0.3, -0.25) is 0 Å². The Hall–Kier alpha value is -2.70. The Balaban J connectivity index is 0.00000196. The van der Waals surface area contributed by atoms with Crippen molar-refractivity contribution in [1.29, 1.82) is 0 Å². The number of hydrogen-bond donors (Lipinski definition) is 1. The minimum absolute atomic E-state index is 0. The first-order valence-electron chi connectivity index (χ1n) is 7.64. The van der Waals surface area contributed by atoms with E-state index < -0.39 is 0 Å². The molecule has 4 rings (SSSR count). The highest BCUT2D eigenvalue weighted by Crippen LogP contribution is 2.25. The molecule has 0 unspecified atom stereocenters. The molecule has 0 aliphatic carbocycles. The smallest absolute Gasteiger partial charge is 0.226 e. The van der Waals surface area contributed by atoms with E-state index in [2.05, 4.69) is 20.3 Å². The summed E-state index contributed by atoms with van der Waals surface area (Å²) in [4.78, 5) is 12.9. The molecule has 2 aromatic heterocycles. The van der Waals surface area contributed by atoms with Gasteiger partial charge in [0, 0.05) is 5.69 Å². The quantitative estimate of drug-likeness (QED) is 0.507. The number of halogens is 3. The molecule has 1 N–H and O–H groups in total. The van der Waals surface area contributed by atoms with E-state index in [1.807, 2.05) is 34.9 Å². The van der Waals surface area contributed by atoms with E-state index in [9.17, 15) is 4.39 Å². The first-order valence-corrected chi connectivity index (χ1v) is 8.02. The topological polar surface area (TPSA) is 55.6 Å². The Labute approximate surface area is 160 Å². The summed E-state index contributed by atoms with van der Waals surface area (Å²) in [6, 6.07) is 16.0. The van der Waals surface area contributed by atoms with Crippen LogP contribution >= 0.6 is 24.0 Å². The minimum Gasteiger partial charge on any atom is -0.338 e. The monoisotopic (exact) mass is 389 g/mol. The minimum atomic E-state index is -0.302. The summed E-state index contributed by atoms with van der Waals surface area (Å²) in [5, 5.41) is 3.23. The molecule has 132 valence electrons. The van der Waals surface area contributed by atoms with Crippen LogP contribution in [0.15, 0.2) is 60.9 Å². The van der Waals surface area contributed by atoms with Crippen LogP contribution < -0.4 is 5.32 Å². The van der Waals surface area contributed by atoms with Crippen LogP contribution in [0, 0.1) is 5.82 Å². The number of aromatic nitrogens is 4. The largest absolute Gasteiger partial charge is 0.338 e. The van der Waals surface area contributed by atoms with Crippen LogP contribution in [0.4, 0.5) is 15.9 Å². The fourth-order valence-electron chi connectivity index (χ4n) is 2.57. The van der Waals surface area contributed by atoms with Crippen LogP contribution in [-0.2, 0) is 6.54 Å². The molecule has 0 bridgehead atoms. The van der Waals surface area contributed by atoms with Crippen LogP contribution in [0.5, 0.6) is 0 Å². The van der Waals surface area contributed by atoms with Gasteiger partial charge in [0.15, 0.2) is 17.0 Å². The standard InChI is InChI=1S/C18H13ClFN5.ClH/c19-18-23-16(22-14-8-6-13(20)7-9-14)15-17(24-18)25(11-21-15)10-12-4-2-1-3-5-12;/h1-9,11H,10H2,(H,22,23,24);1H. The van der Waals surface area contributed by atoms with Gasteiger partial charge >= 0.3 is 0 Å². The van der Waals surface area contributed by atoms with Crippen LogP contribution in [-0.4, -0.2) is 19.5 Å². The van der Waals surface area contributed by atoms with Gasteiger partial charge < -0.3 is 9.88 Å². The number of imidazole rings is 1. The summed E-state index contributed by atoms with van der Waals surface area (Å²) in [6.07, 6.45) is 1.71. The van der Waals surface area contributed by atoms with Gasteiger partial charge in [0.1, 0.15) is 5.82 Å². The third-order valence-electron chi connectivity index (χ3n) is 3.74. The molecule has 0 aliphatic heterocycles. The summed E-state index contributed by atoms with van der Waals surface area (Å²) in [7, 11) is 0. The lowest BCUT2D eigenvalue weighted by atomic mass is 10.2. The Morgan fingerprint density at radius 3 is 2.46 bits per heavy atom. The molecule has 0 radical (unpaired) electrons. The molecule has 5 nitrogen and oxygen atoms in total. The molecule has 0 saturated heterocycles. The van der Waals surface area contributed by atoms with Crippen molar-refractivity contribution in [1.82, 2.24) is 19.5 Å². The van der Waals surface area contributed by atoms with Gasteiger partial charge in [0.2, 0.25) is 5.28 Å². The van der Waals surface area contributed by atoms with Gasteiger partial charge in [-0.2, -0.15) is 9.97 Å². The summed E-state index contributed by atoms with van der Waals surface area (Å²) in [6.45, 7) is 0.626. The van der Waals surface area contributed by atoms with E-state index in [0.717, 1.165) is 5.56 Å². The second kappa shape index (κ2) is 7.68. The lowest BCUT2D eigenvalue weighted by Crippen LogP contribution is -2.01. The lowest BCUT2D eigenvalue weighted by molar-refractivity contribution is 0.628. The van der Waals surface area contributed by atoms with Crippen molar-refractivity contribution in [3.8, 4) is 0 Å². The number of fused-ring (bicyclic) bond motifs is 1. The van der Waals surface area contributed by atoms with Crippen LogP contribution in [0.3, 0.4) is 0 Å². The zero-order valence-electron chi connectivity index (χ0n) is 13.4. The Morgan fingerprint density at radius 2 is 1.73 bits per heavy atom. The van der Waals surface area contributed by atoms with E-state index >= 15 is 0 Å². The zero-order chi connectivity index (χ0) is 17.2. The molecule has 0 saturated carbocycles. The summed E-state index contributed by atoms with van der Waals surface area (Å²) in [5.41, 5.74) is 3.05. The molecular weight excluding hydrogens is 376 g/mol. The molecular formula is C18H14Cl2FN5. The molecule has 0 atom stereocenters. The fourth-order valence-corrected chi connectivity index (χ4v) is 2.74. The molecule has 2 heterocycles. The average Bonchev–Trinajstić information content (AvgIpc) is 3.01. The van der Waals surface area contributed by atoms with E-state index in [1.54, 1.807) is 18.5 Å². The van der Waals surface area contributed by atoms with Crippen molar-refractivity contribution in [2.24, 2.45) is 0 Å². The van der Waals surface area contributed by atoms with Gasteiger partial charge in [-0.15, -0.1) is 12.4 Å². The fraction of sp³-hybridized carbons (Fsp3) is 0.0556. The molecule has 0 fully saturated rings. The van der Waals surface area contributed by atoms with E-state index in [4.69, 9.17) is 11.6 Å². The normalized spacial score (nSPS) is 10.5. The maximum Gasteiger partial charge on any atom is 0.226 e. The summed E-state index contributed by atoms with van der Waals surface area (Å²) < 4.78 is 15.0. The molecule has 4 aromatic rings. The predicted octanol–water partition coefficient (Wildman–Crippen LogP) is 4.83. The summed E-state index contributed by atoms with van der Waals surface area (Å²) in [5.74, 6) is 0.178. The number of rotatable bonds is 4. The van der Waals surface area contributed by atoms with Crippen molar-refractivity contribution >= 4 is 46.7 Å². The number of nitrogens with zero attached hydrogens (tertiary/aromatic N) is 4. The SMILES string of the molecule is Cl.Fc1ccc(Nc2nc(Cl)nc3c2ncn3Cc2ccccc2)cc1. The molecule has 26 heavy (non-hydrogen) atoms.